The van der Waals surface area contributed by atoms with E-state index in [1.807, 2.05) is 23.1 Å². The molecule has 1 atom stereocenters. The standard InChI is InChI=1S/C20H18FN3O2/c21-17-8-6-15(7-9-17)19-22-20(26-23-19)16-12-18(25)24(13-16)11-10-14-4-2-1-3-5-14/h1-9,16H,10-13H2. The minimum atomic E-state index is -0.312. The first kappa shape index (κ1) is 16.4. The van der Waals surface area contributed by atoms with Crippen LogP contribution in [0.3, 0.4) is 0 Å². The molecule has 5 nitrogen and oxygen atoms in total. The highest BCUT2D eigenvalue weighted by Crippen LogP contribution is 2.28. The Morgan fingerprint density at radius 3 is 2.65 bits per heavy atom. The van der Waals surface area contributed by atoms with Crippen molar-refractivity contribution in [3.05, 3.63) is 71.9 Å². The predicted molar refractivity (Wildman–Crippen MR) is 93.8 cm³/mol. The van der Waals surface area contributed by atoms with Crippen molar-refractivity contribution in [2.24, 2.45) is 0 Å². The number of nitrogens with zero attached hydrogens (tertiary/aromatic N) is 3. The lowest BCUT2D eigenvalue weighted by atomic mass is 10.1. The third-order valence-electron chi connectivity index (χ3n) is 4.62. The Morgan fingerprint density at radius 1 is 1.12 bits per heavy atom. The Bertz CT molecular complexity index is 893. The average molecular weight is 351 g/mol. The molecule has 0 N–H and O–H groups in total. The van der Waals surface area contributed by atoms with Gasteiger partial charge in [-0.25, -0.2) is 4.39 Å². The fourth-order valence-electron chi connectivity index (χ4n) is 3.18. The third-order valence-corrected chi connectivity index (χ3v) is 4.62. The van der Waals surface area contributed by atoms with Gasteiger partial charge in [-0.3, -0.25) is 4.79 Å². The molecule has 0 spiro atoms. The number of aromatic nitrogens is 2. The van der Waals surface area contributed by atoms with Crippen LogP contribution in [0, 0.1) is 5.82 Å². The molecule has 3 aromatic rings. The van der Waals surface area contributed by atoms with Gasteiger partial charge in [0.25, 0.3) is 0 Å². The van der Waals surface area contributed by atoms with E-state index in [1.165, 1.54) is 17.7 Å². The number of carbonyl (C=O) groups is 1. The minimum Gasteiger partial charge on any atom is -0.342 e. The van der Waals surface area contributed by atoms with E-state index < -0.39 is 0 Å². The monoisotopic (exact) mass is 351 g/mol. The summed E-state index contributed by atoms with van der Waals surface area (Å²) in [5.41, 5.74) is 1.90. The van der Waals surface area contributed by atoms with Gasteiger partial charge in [0.05, 0.1) is 5.92 Å². The molecule has 6 heteroatoms. The van der Waals surface area contributed by atoms with Crippen LogP contribution in [0.25, 0.3) is 11.4 Å². The van der Waals surface area contributed by atoms with Crippen LogP contribution in [0.4, 0.5) is 4.39 Å². The van der Waals surface area contributed by atoms with E-state index in [4.69, 9.17) is 4.52 Å². The van der Waals surface area contributed by atoms with Gasteiger partial charge in [-0.2, -0.15) is 4.98 Å². The van der Waals surface area contributed by atoms with E-state index in [2.05, 4.69) is 22.3 Å². The van der Waals surface area contributed by atoms with E-state index in [9.17, 15) is 9.18 Å². The highest BCUT2D eigenvalue weighted by molar-refractivity contribution is 5.79. The van der Waals surface area contributed by atoms with Crippen LogP contribution in [-0.4, -0.2) is 34.0 Å². The molecule has 1 aromatic heterocycles. The van der Waals surface area contributed by atoms with Crippen molar-refractivity contribution < 1.29 is 13.7 Å². The third kappa shape index (κ3) is 3.49. The fraction of sp³-hybridized carbons (Fsp3) is 0.250. The summed E-state index contributed by atoms with van der Waals surface area (Å²) in [5.74, 6) is 0.565. The van der Waals surface area contributed by atoms with Crippen LogP contribution < -0.4 is 0 Å². The van der Waals surface area contributed by atoms with Crippen molar-refractivity contribution in [3.63, 3.8) is 0 Å². The second kappa shape index (κ2) is 7.07. The molecule has 0 saturated carbocycles. The van der Waals surface area contributed by atoms with Crippen LogP contribution >= 0.6 is 0 Å². The summed E-state index contributed by atoms with van der Waals surface area (Å²) in [6.45, 7) is 1.26. The maximum absolute atomic E-state index is 13.0. The van der Waals surface area contributed by atoms with Crippen molar-refractivity contribution in [3.8, 4) is 11.4 Å². The maximum Gasteiger partial charge on any atom is 0.232 e. The van der Waals surface area contributed by atoms with Gasteiger partial charge in [0.2, 0.25) is 17.6 Å². The number of carbonyl (C=O) groups excluding carboxylic acids is 1. The van der Waals surface area contributed by atoms with Gasteiger partial charge >= 0.3 is 0 Å². The number of halogens is 1. The van der Waals surface area contributed by atoms with Crippen LogP contribution in [-0.2, 0) is 11.2 Å². The second-order valence-corrected chi connectivity index (χ2v) is 6.44. The molecule has 26 heavy (non-hydrogen) atoms. The van der Waals surface area contributed by atoms with Gasteiger partial charge in [-0.1, -0.05) is 35.5 Å². The first-order chi connectivity index (χ1) is 12.7. The first-order valence-corrected chi connectivity index (χ1v) is 8.60. The zero-order chi connectivity index (χ0) is 17.9. The number of amides is 1. The number of hydrogen-bond acceptors (Lipinski definition) is 4. The summed E-state index contributed by atoms with van der Waals surface area (Å²) in [7, 11) is 0. The molecule has 2 heterocycles. The molecule has 4 rings (SSSR count). The van der Waals surface area contributed by atoms with Crippen LogP contribution in [0.2, 0.25) is 0 Å². The summed E-state index contributed by atoms with van der Waals surface area (Å²) >= 11 is 0. The molecule has 0 aliphatic carbocycles. The lowest BCUT2D eigenvalue weighted by molar-refractivity contribution is -0.127. The second-order valence-electron chi connectivity index (χ2n) is 6.44. The van der Waals surface area contributed by atoms with E-state index in [-0.39, 0.29) is 17.6 Å². The van der Waals surface area contributed by atoms with Gasteiger partial charge in [0, 0.05) is 25.1 Å². The highest BCUT2D eigenvalue weighted by Gasteiger charge is 2.34. The van der Waals surface area contributed by atoms with Crippen molar-refractivity contribution in [1.29, 1.82) is 0 Å². The normalized spacial score (nSPS) is 17.0. The number of likely N-dealkylation sites (tertiary alicyclic amines) is 1. The summed E-state index contributed by atoms with van der Waals surface area (Å²) < 4.78 is 18.4. The van der Waals surface area contributed by atoms with Gasteiger partial charge in [-0.15, -0.1) is 0 Å². The van der Waals surface area contributed by atoms with E-state index in [0.29, 0.717) is 36.8 Å². The van der Waals surface area contributed by atoms with E-state index in [1.54, 1.807) is 12.1 Å². The largest absolute Gasteiger partial charge is 0.342 e. The van der Waals surface area contributed by atoms with Crippen molar-refractivity contribution >= 4 is 5.91 Å². The van der Waals surface area contributed by atoms with Gasteiger partial charge in [-0.05, 0) is 36.2 Å². The summed E-state index contributed by atoms with van der Waals surface area (Å²) in [6.07, 6.45) is 1.20. The zero-order valence-electron chi connectivity index (χ0n) is 14.1. The molecule has 0 bridgehead atoms. The minimum absolute atomic E-state index is 0.0972. The van der Waals surface area contributed by atoms with Crippen LogP contribution in [0.15, 0.2) is 59.1 Å². The van der Waals surface area contributed by atoms with Crippen LogP contribution in [0.1, 0.15) is 23.8 Å². The molecular weight excluding hydrogens is 333 g/mol. The molecule has 1 saturated heterocycles. The van der Waals surface area contributed by atoms with Gasteiger partial charge in [0.15, 0.2) is 0 Å². The van der Waals surface area contributed by atoms with Gasteiger partial charge in [0.1, 0.15) is 5.82 Å². The first-order valence-electron chi connectivity index (χ1n) is 8.60. The molecular formula is C20H18FN3O2. The summed E-state index contributed by atoms with van der Waals surface area (Å²) in [6, 6.07) is 16.0. The number of hydrogen-bond donors (Lipinski definition) is 0. The van der Waals surface area contributed by atoms with Gasteiger partial charge < -0.3 is 9.42 Å². The molecule has 1 amide bonds. The Morgan fingerprint density at radius 2 is 1.88 bits per heavy atom. The fourth-order valence-corrected chi connectivity index (χ4v) is 3.18. The molecule has 132 valence electrons. The molecule has 1 aliphatic heterocycles. The SMILES string of the molecule is O=C1CC(c2nc(-c3ccc(F)cc3)no2)CN1CCc1ccccc1. The smallest absolute Gasteiger partial charge is 0.232 e. The Hall–Kier alpha value is -3.02. The molecule has 1 unspecified atom stereocenters. The summed E-state index contributed by atoms with van der Waals surface area (Å²) in [4.78, 5) is 18.5. The van der Waals surface area contributed by atoms with E-state index >= 15 is 0 Å². The molecule has 2 aromatic carbocycles. The molecule has 1 aliphatic rings. The Balaban J connectivity index is 1.41. The van der Waals surface area contributed by atoms with Crippen molar-refractivity contribution in [1.82, 2.24) is 15.0 Å². The summed E-state index contributed by atoms with van der Waals surface area (Å²) in [5, 5.41) is 3.97. The van der Waals surface area contributed by atoms with Crippen LogP contribution in [0.5, 0.6) is 0 Å². The average Bonchev–Trinajstić information content (AvgIpc) is 3.28. The van der Waals surface area contributed by atoms with Crippen molar-refractivity contribution in [2.75, 3.05) is 13.1 Å². The maximum atomic E-state index is 13.0. The molecule has 1 fully saturated rings. The number of rotatable bonds is 5. The van der Waals surface area contributed by atoms with Crippen molar-refractivity contribution in [2.45, 2.75) is 18.8 Å². The zero-order valence-corrected chi connectivity index (χ0v) is 14.1. The number of benzene rings is 2. The Kier molecular flexibility index (Phi) is 4.48. The molecule has 0 radical (unpaired) electrons. The quantitative estimate of drug-likeness (QED) is 0.707. The predicted octanol–water partition coefficient (Wildman–Crippen LogP) is 3.43. The Labute approximate surface area is 150 Å². The highest BCUT2D eigenvalue weighted by atomic mass is 19.1. The lowest BCUT2D eigenvalue weighted by Gasteiger charge is -2.15. The van der Waals surface area contributed by atoms with E-state index in [0.717, 1.165) is 6.42 Å². The topological polar surface area (TPSA) is 59.2 Å². The lowest BCUT2D eigenvalue weighted by Crippen LogP contribution is -2.27.